The van der Waals surface area contributed by atoms with Gasteiger partial charge in [-0.15, -0.1) is 0 Å². The number of carbonyl (C=O) groups is 1. The molecule has 2 rings (SSSR count). The number of fused-ring (bicyclic) bond motifs is 1. The molecule has 0 spiro atoms. The maximum atomic E-state index is 12.0. The van der Waals surface area contributed by atoms with E-state index in [1.54, 1.807) is 13.8 Å². The van der Waals surface area contributed by atoms with Gasteiger partial charge in [-0.2, -0.15) is 0 Å². The molecule has 6 heteroatoms. The quantitative estimate of drug-likeness (QED) is 0.884. The van der Waals surface area contributed by atoms with Gasteiger partial charge < -0.3 is 0 Å². The molecule has 0 saturated heterocycles. The average molecular weight is 298 g/mol. The van der Waals surface area contributed by atoms with E-state index in [0.29, 0.717) is 5.69 Å². The molecule has 0 fully saturated rings. The Balaban J connectivity index is 2.24. The van der Waals surface area contributed by atoms with Gasteiger partial charge in [-0.05, 0) is 0 Å². The van der Waals surface area contributed by atoms with Crippen LogP contribution >= 0.6 is 0 Å². The van der Waals surface area contributed by atoms with E-state index < -0.39 is 5.60 Å². The number of anilines is 1. The zero-order valence-corrected chi connectivity index (χ0v) is 11.6. The topological polar surface area (TPSA) is 63.0 Å². The second kappa shape index (κ2) is 4.56. The van der Waals surface area contributed by atoms with Crippen LogP contribution in [0.4, 0.5) is 17.1 Å². The summed E-state index contributed by atoms with van der Waals surface area (Å²) in [4.78, 5) is 12.0. The van der Waals surface area contributed by atoms with Gasteiger partial charge in [-0.25, -0.2) is 0 Å². The standard InChI is InChI=1S/C11H13N3O2Se/c1-11(2,16-3)10(15)12-7-5-4-6-8-9(7)14-17-13-8/h4-6H,1-3H3,(H,12,15). The molecule has 1 heterocycles. The molecule has 1 aliphatic rings. The summed E-state index contributed by atoms with van der Waals surface area (Å²) in [7, 11) is 1.51. The van der Waals surface area contributed by atoms with Crippen LogP contribution in [0, 0.1) is 0 Å². The molecule has 0 unspecified atom stereocenters. The molecule has 1 aromatic rings. The van der Waals surface area contributed by atoms with E-state index in [1.165, 1.54) is 7.11 Å². The normalized spacial score (nSPS) is 13.1. The Morgan fingerprint density at radius 3 is 2.88 bits per heavy atom. The molecule has 0 saturated carbocycles. The van der Waals surface area contributed by atoms with E-state index in [1.807, 2.05) is 18.2 Å². The summed E-state index contributed by atoms with van der Waals surface area (Å²) >= 11 is -0.0973. The van der Waals surface area contributed by atoms with Crippen LogP contribution in [0.1, 0.15) is 13.8 Å². The van der Waals surface area contributed by atoms with Crippen LogP contribution in [-0.2, 0) is 9.53 Å². The minimum absolute atomic E-state index is 0.0973. The monoisotopic (exact) mass is 299 g/mol. The van der Waals surface area contributed by atoms with Crippen molar-refractivity contribution < 1.29 is 9.53 Å². The molecule has 0 bridgehead atoms. The van der Waals surface area contributed by atoms with Gasteiger partial charge in [0.05, 0.1) is 0 Å². The first kappa shape index (κ1) is 12.2. The van der Waals surface area contributed by atoms with Crippen molar-refractivity contribution in [2.24, 2.45) is 7.92 Å². The Bertz CT molecular complexity index is 534. The fourth-order valence-corrected chi connectivity index (χ4v) is 2.43. The number of nitrogens with zero attached hydrogens (tertiary/aromatic N) is 2. The van der Waals surface area contributed by atoms with Gasteiger partial charge in [-0.1, -0.05) is 0 Å². The van der Waals surface area contributed by atoms with E-state index in [-0.39, 0.29) is 20.5 Å². The average Bonchev–Trinajstić information content (AvgIpc) is 2.78. The van der Waals surface area contributed by atoms with Crippen molar-refractivity contribution >= 4 is 37.5 Å². The van der Waals surface area contributed by atoms with Crippen LogP contribution in [0.5, 0.6) is 0 Å². The van der Waals surface area contributed by atoms with Crippen molar-refractivity contribution in [3.8, 4) is 0 Å². The molecule has 1 aliphatic heterocycles. The third-order valence-electron chi connectivity index (χ3n) is 2.59. The van der Waals surface area contributed by atoms with Crippen molar-refractivity contribution in [3.63, 3.8) is 0 Å². The van der Waals surface area contributed by atoms with Crippen LogP contribution < -0.4 is 5.32 Å². The number of amides is 1. The molecule has 17 heavy (non-hydrogen) atoms. The van der Waals surface area contributed by atoms with Crippen LogP contribution in [0.2, 0.25) is 0 Å². The summed E-state index contributed by atoms with van der Waals surface area (Å²) in [6, 6.07) is 5.57. The SMILES string of the molecule is COC(C)(C)C(=O)Nc1cccc2c1N=[Se]=N2. The molecule has 90 valence electrons. The van der Waals surface area contributed by atoms with Gasteiger partial charge in [0, 0.05) is 0 Å². The first-order valence-corrected chi connectivity index (χ1v) is 6.66. The molecule has 0 aliphatic carbocycles. The third-order valence-corrected chi connectivity index (χ3v) is 3.73. The Morgan fingerprint density at radius 1 is 1.41 bits per heavy atom. The Hall–Kier alpha value is -1.23. The number of methoxy groups -OCH3 is 1. The molecule has 1 N–H and O–H groups in total. The summed E-state index contributed by atoms with van der Waals surface area (Å²) in [6.45, 7) is 3.44. The molecule has 5 nitrogen and oxygen atoms in total. The summed E-state index contributed by atoms with van der Waals surface area (Å²) < 4.78 is 13.7. The molecule has 0 radical (unpaired) electrons. The Labute approximate surface area is 105 Å². The Kier molecular flexibility index (Phi) is 3.28. The van der Waals surface area contributed by atoms with Gasteiger partial charge in [0.2, 0.25) is 0 Å². The van der Waals surface area contributed by atoms with Crippen LogP contribution in [0.15, 0.2) is 26.1 Å². The molecular weight excluding hydrogens is 285 g/mol. The number of carbonyl (C=O) groups excluding carboxylic acids is 1. The van der Waals surface area contributed by atoms with E-state index in [2.05, 4.69) is 13.2 Å². The second-order valence-electron chi connectivity index (χ2n) is 4.11. The van der Waals surface area contributed by atoms with Gasteiger partial charge in [0.25, 0.3) is 0 Å². The van der Waals surface area contributed by atoms with Gasteiger partial charge in [-0.3, -0.25) is 0 Å². The number of ether oxygens (including phenoxy) is 1. The fourth-order valence-electron chi connectivity index (χ4n) is 1.27. The van der Waals surface area contributed by atoms with E-state index >= 15 is 0 Å². The molecular formula is C11H13N3O2Se. The molecule has 1 amide bonds. The van der Waals surface area contributed by atoms with Crippen molar-refractivity contribution in [2.75, 3.05) is 12.4 Å². The van der Waals surface area contributed by atoms with E-state index in [4.69, 9.17) is 4.74 Å². The third kappa shape index (κ3) is 2.39. The van der Waals surface area contributed by atoms with Gasteiger partial charge in [0.15, 0.2) is 0 Å². The van der Waals surface area contributed by atoms with E-state index in [0.717, 1.165) is 11.4 Å². The van der Waals surface area contributed by atoms with Crippen LogP contribution in [-0.4, -0.2) is 33.2 Å². The molecule has 1 aromatic carbocycles. The fraction of sp³-hybridized carbons (Fsp3) is 0.364. The summed E-state index contributed by atoms with van der Waals surface area (Å²) in [6.07, 6.45) is 0. The van der Waals surface area contributed by atoms with Crippen LogP contribution in [0.3, 0.4) is 0 Å². The van der Waals surface area contributed by atoms with E-state index in [9.17, 15) is 4.79 Å². The predicted octanol–water partition coefficient (Wildman–Crippen LogP) is 2.40. The van der Waals surface area contributed by atoms with Gasteiger partial charge >= 0.3 is 105 Å². The summed E-state index contributed by atoms with van der Waals surface area (Å²) in [5.74, 6) is -0.192. The van der Waals surface area contributed by atoms with Crippen molar-refractivity contribution in [2.45, 2.75) is 19.4 Å². The van der Waals surface area contributed by atoms with Gasteiger partial charge in [0.1, 0.15) is 0 Å². The first-order valence-electron chi connectivity index (χ1n) is 5.12. The number of hydrogen-bond acceptors (Lipinski definition) is 4. The van der Waals surface area contributed by atoms with Crippen molar-refractivity contribution in [1.29, 1.82) is 0 Å². The summed E-state index contributed by atoms with van der Waals surface area (Å²) in [5.41, 5.74) is 1.45. The molecule has 0 atom stereocenters. The predicted molar refractivity (Wildman–Crippen MR) is 66.1 cm³/mol. The second-order valence-corrected chi connectivity index (χ2v) is 5.21. The number of rotatable bonds is 3. The minimum atomic E-state index is -0.858. The van der Waals surface area contributed by atoms with Crippen molar-refractivity contribution in [3.05, 3.63) is 18.2 Å². The Morgan fingerprint density at radius 2 is 2.18 bits per heavy atom. The summed E-state index contributed by atoms with van der Waals surface area (Å²) in [5, 5.41) is 2.83. The molecule has 0 aromatic heterocycles. The number of hydrogen-bond donors (Lipinski definition) is 1. The first-order chi connectivity index (χ1) is 8.04. The van der Waals surface area contributed by atoms with Crippen LogP contribution in [0.25, 0.3) is 0 Å². The zero-order chi connectivity index (χ0) is 12.5. The number of benzene rings is 1. The maximum absolute atomic E-state index is 12.0. The van der Waals surface area contributed by atoms with Crippen molar-refractivity contribution in [1.82, 2.24) is 0 Å². The number of nitrogens with one attached hydrogen (secondary N) is 1. The zero-order valence-electron chi connectivity index (χ0n) is 9.85.